The Kier molecular flexibility index (Phi) is 18.2. The molecule has 0 fully saturated rings. The van der Waals surface area contributed by atoms with E-state index in [1.165, 1.54) is 0 Å². The van der Waals surface area contributed by atoms with Crippen molar-refractivity contribution in [2.45, 2.75) is 61.2 Å². The molecule has 0 aromatic rings. The summed E-state index contributed by atoms with van der Waals surface area (Å²) in [6.07, 6.45) is 4.77. The second-order valence-electron chi connectivity index (χ2n) is 7.28. The second-order valence-corrected chi connectivity index (χ2v) is 17.2. The number of hydrogen-bond acceptors (Lipinski definition) is 8. The van der Waals surface area contributed by atoms with Crippen molar-refractivity contribution >= 4 is 56.4 Å². The molecule has 6 nitrogen and oxygen atoms in total. The molecule has 0 aliphatic rings. The summed E-state index contributed by atoms with van der Waals surface area (Å²) in [4.78, 5) is 25.8. The Labute approximate surface area is 192 Å². The molecule has 0 radical (unpaired) electrons. The van der Waals surface area contributed by atoms with Crippen LogP contribution in [0.25, 0.3) is 0 Å². The van der Waals surface area contributed by atoms with E-state index < -0.39 is 19.2 Å². The molecule has 2 unspecified atom stereocenters. The van der Waals surface area contributed by atoms with Gasteiger partial charge in [0.05, 0.1) is 0 Å². The molecule has 0 rings (SSSR count). The molecule has 0 saturated heterocycles. The predicted molar refractivity (Wildman–Crippen MR) is 125 cm³/mol. The second kappa shape index (κ2) is 18.0. The number of carbonyl (C=O) groups is 2. The average Bonchev–Trinajstić information content (AvgIpc) is 2.71. The van der Waals surface area contributed by atoms with E-state index in [-0.39, 0.29) is 23.8 Å². The van der Waals surface area contributed by atoms with Crippen molar-refractivity contribution in [1.29, 1.82) is 0 Å². The fourth-order valence-corrected chi connectivity index (χ4v) is 13.7. The zero-order valence-corrected chi connectivity index (χ0v) is 23.1. The molecule has 0 spiro atoms. The van der Waals surface area contributed by atoms with Crippen LogP contribution in [0.5, 0.6) is 0 Å². The molecule has 9 heteroatoms. The van der Waals surface area contributed by atoms with Crippen molar-refractivity contribution in [3.8, 4) is 0 Å². The Morgan fingerprint density at radius 1 is 0.793 bits per heavy atom. The first kappa shape index (κ1) is 29.4. The third-order valence-corrected chi connectivity index (χ3v) is 15.4. The Bertz CT molecular complexity index is 413. The van der Waals surface area contributed by atoms with Crippen LogP contribution >= 0.6 is 25.3 Å². The fourth-order valence-electron chi connectivity index (χ4n) is 2.86. The summed E-state index contributed by atoms with van der Waals surface area (Å²) >= 11 is 4.65. The Morgan fingerprint density at radius 2 is 1.17 bits per heavy atom. The van der Waals surface area contributed by atoms with Gasteiger partial charge in [0.1, 0.15) is 0 Å². The van der Waals surface area contributed by atoms with E-state index >= 15 is 0 Å². The Morgan fingerprint density at radius 3 is 1.45 bits per heavy atom. The number of unbranched alkanes of at least 4 members (excludes halogenated alkanes) is 2. The normalized spacial score (nSPS) is 13.7. The van der Waals surface area contributed by atoms with Gasteiger partial charge in [0.15, 0.2) is 0 Å². The van der Waals surface area contributed by atoms with E-state index in [0.717, 1.165) is 25.7 Å². The third kappa shape index (κ3) is 12.1. The first-order valence-corrected chi connectivity index (χ1v) is 18.2. The minimum atomic E-state index is -3.97. The third-order valence-electron chi connectivity index (χ3n) is 4.84. The maximum atomic E-state index is 12.9. The van der Waals surface area contributed by atoms with Gasteiger partial charge >= 0.3 is 194 Å². The quantitative estimate of drug-likeness (QED) is 0.193. The molecule has 29 heavy (non-hydrogen) atoms. The molecule has 0 aliphatic carbocycles. The van der Waals surface area contributed by atoms with Gasteiger partial charge in [-0.3, -0.25) is 0 Å². The van der Waals surface area contributed by atoms with Crippen molar-refractivity contribution < 1.29 is 25.2 Å². The van der Waals surface area contributed by atoms with Gasteiger partial charge in [-0.25, -0.2) is 0 Å². The van der Waals surface area contributed by atoms with E-state index in [2.05, 4.69) is 39.1 Å². The van der Waals surface area contributed by atoms with Gasteiger partial charge < -0.3 is 0 Å². The summed E-state index contributed by atoms with van der Waals surface area (Å²) in [5.74, 6) is -0.547. The average molecular weight is 559 g/mol. The number of rotatable bonds is 18. The van der Waals surface area contributed by atoms with Gasteiger partial charge in [0.25, 0.3) is 0 Å². The molecule has 0 bridgehead atoms. The molecule has 0 aliphatic heterocycles. The number of ether oxygens (including phenoxy) is 2. The van der Waals surface area contributed by atoms with Crippen LogP contribution in [0.2, 0.25) is 8.87 Å². The van der Waals surface area contributed by atoms with E-state index in [0.29, 0.717) is 46.4 Å². The Hall–Kier alpha value is 0.359. The molecule has 0 saturated carbocycles. The van der Waals surface area contributed by atoms with Crippen LogP contribution in [0.3, 0.4) is 0 Å². The van der Waals surface area contributed by atoms with Crippen molar-refractivity contribution in [3.05, 3.63) is 0 Å². The summed E-state index contributed by atoms with van der Waals surface area (Å²) < 4.78 is 23.8. The first-order valence-electron chi connectivity index (χ1n) is 10.6. The van der Waals surface area contributed by atoms with Crippen LogP contribution in [0, 0.1) is 11.8 Å². The molecular weight excluding hydrogens is 519 g/mol. The van der Waals surface area contributed by atoms with Crippen LogP contribution < -0.4 is 0 Å². The van der Waals surface area contributed by atoms with E-state index in [4.69, 9.17) is 15.6 Å². The van der Waals surface area contributed by atoms with Gasteiger partial charge in [0.2, 0.25) is 0 Å². The predicted octanol–water partition coefficient (Wildman–Crippen LogP) is 4.28. The summed E-state index contributed by atoms with van der Waals surface area (Å²) in [7, 11) is 3.21. The van der Waals surface area contributed by atoms with Crippen LogP contribution in [0.15, 0.2) is 0 Å². The van der Waals surface area contributed by atoms with Gasteiger partial charge in [-0.15, -0.1) is 0 Å². The van der Waals surface area contributed by atoms with Gasteiger partial charge in [0, 0.05) is 0 Å². The topological polar surface area (TPSA) is 71.1 Å². The Balaban J connectivity index is 5.53. The number of carbonyl (C=O) groups excluding carboxylic acids is 2. The standard InChI is InChI=1S/2C6H12O3S.2C4H9.Sn/c2*1-9-3-2-5(4-10)6(7)8;2*1-3-4-2;/h2*5,10H,2-4H2,1H3,(H,7,8);2*1,3-4H2,2H3;/q;;;;+2/p-2. The van der Waals surface area contributed by atoms with E-state index in [1.54, 1.807) is 14.2 Å². The van der Waals surface area contributed by atoms with E-state index in [9.17, 15) is 9.59 Å². The number of hydrogen-bond donors (Lipinski definition) is 2. The molecule has 0 heterocycles. The van der Waals surface area contributed by atoms with Crippen LogP contribution in [-0.2, 0) is 25.2 Å². The summed E-state index contributed by atoms with van der Waals surface area (Å²) in [5.41, 5.74) is 0. The minimum absolute atomic E-state index is 0.299. The summed E-state index contributed by atoms with van der Waals surface area (Å²) in [6, 6.07) is 0. The number of thiol groups is 2. The first-order chi connectivity index (χ1) is 13.9. The summed E-state index contributed by atoms with van der Waals surface area (Å²) in [5, 5.41) is 0. The molecule has 0 amide bonds. The molecule has 0 aromatic carbocycles. The van der Waals surface area contributed by atoms with Gasteiger partial charge in [-0.1, -0.05) is 0 Å². The molecule has 2 atom stereocenters. The van der Waals surface area contributed by atoms with Crippen molar-refractivity contribution in [2.75, 3.05) is 38.9 Å². The van der Waals surface area contributed by atoms with Crippen LogP contribution in [0.1, 0.15) is 52.4 Å². The van der Waals surface area contributed by atoms with Gasteiger partial charge in [-0.05, 0) is 0 Å². The maximum absolute atomic E-state index is 12.9. The van der Waals surface area contributed by atoms with Gasteiger partial charge in [-0.2, -0.15) is 0 Å². The SMILES string of the molecule is CCC[CH2][Sn]([CH2]CCC)([O]C(=O)C(CS)CCOC)[O]C(=O)C(CS)CCOC. The fraction of sp³-hybridized carbons (Fsp3) is 0.900. The zero-order chi connectivity index (χ0) is 22.1. The van der Waals surface area contributed by atoms with Crippen molar-refractivity contribution in [1.82, 2.24) is 0 Å². The molecule has 0 N–H and O–H groups in total. The molecule has 0 aromatic heterocycles. The zero-order valence-electron chi connectivity index (χ0n) is 18.5. The number of methoxy groups -OCH3 is 2. The van der Waals surface area contributed by atoms with Crippen molar-refractivity contribution in [3.63, 3.8) is 0 Å². The monoisotopic (exact) mass is 560 g/mol. The van der Waals surface area contributed by atoms with Crippen molar-refractivity contribution in [2.24, 2.45) is 11.8 Å². The summed E-state index contributed by atoms with van der Waals surface area (Å²) in [6.45, 7) is 5.10. The molecular formula is C20H40O6S2Sn. The molecule has 172 valence electrons. The van der Waals surface area contributed by atoms with E-state index in [1.807, 2.05) is 0 Å². The van der Waals surface area contributed by atoms with Crippen LogP contribution in [-0.4, -0.2) is 70.1 Å². The van der Waals surface area contributed by atoms with Crippen LogP contribution in [0.4, 0.5) is 0 Å².